The maximum absolute atomic E-state index is 2.45. The normalized spacial score (nSPS) is 34.5. The fourth-order valence-corrected chi connectivity index (χ4v) is 5.20. The minimum Gasteiger partial charge on any atom is -0.0654 e. The summed E-state index contributed by atoms with van der Waals surface area (Å²) < 4.78 is 0. The Bertz CT molecular complexity index is 266. The number of hydrogen-bond acceptors (Lipinski definition) is 0. The first kappa shape index (κ1) is 18.3. The lowest BCUT2D eigenvalue weighted by Gasteiger charge is -2.33. The average molecular weight is 307 g/mol. The van der Waals surface area contributed by atoms with Crippen molar-refractivity contribution < 1.29 is 0 Å². The zero-order valence-electron chi connectivity index (χ0n) is 15.8. The molecule has 1 atom stereocenters. The minimum absolute atomic E-state index is 1.01. The molecule has 0 aromatic carbocycles. The standard InChI is InChI=1S/C22H42/c1-4-7-21(22-16-12-19(3)13-17-22)9-6-5-8-20-14-10-18(2)11-15-20/h18-22H,4-17H2,1-3H3. The molecule has 0 aromatic heterocycles. The Labute approximate surface area is 140 Å². The molecule has 0 heteroatoms. The van der Waals surface area contributed by atoms with Crippen molar-refractivity contribution in [1.29, 1.82) is 0 Å². The van der Waals surface area contributed by atoms with Gasteiger partial charge in [0.05, 0.1) is 0 Å². The van der Waals surface area contributed by atoms with Crippen molar-refractivity contribution in [1.82, 2.24) is 0 Å². The third-order valence-electron chi connectivity index (χ3n) is 6.96. The molecule has 130 valence electrons. The van der Waals surface area contributed by atoms with Crippen molar-refractivity contribution in [3.8, 4) is 0 Å². The molecular weight excluding hydrogens is 264 g/mol. The highest BCUT2D eigenvalue weighted by molar-refractivity contribution is 4.77. The summed E-state index contributed by atoms with van der Waals surface area (Å²) in [6, 6.07) is 0. The summed E-state index contributed by atoms with van der Waals surface area (Å²) in [5.41, 5.74) is 0. The number of unbranched alkanes of at least 4 members (excludes halogenated alkanes) is 1. The van der Waals surface area contributed by atoms with Gasteiger partial charge in [0.25, 0.3) is 0 Å². The van der Waals surface area contributed by atoms with E-state index >= 15 is 0 Å². The van der Waals surface area contributed by atoms with E-state index in [1.807, 2.05) is 0 Å². The molecule has 2 aliphatic carbocycles. The van der Waals surface area contributed by atoms with Gasteiger partial charge < -0.3 is 0 Å². The fourth-order valence-electron chi connectivity index (χ4n) is 5.20. The Morgan fingerprint density at radius 2 is 1.32 bits per heavy atom. The van der Waals surface area contributed by atoms with Gasteiger partial charge in [0.2, 0.25) is 0 Å². The minimum atomic E-state index is 1.01. The molecule has 0 bridgehead atoms. The van der Waals surface area contributed by atoms with Crippen LogP contribution in [0, 0.1) is 29.6 Å². The topological polar surface area (TPSA) is 0 Å². The lowest BCUT2D eigenvalue weighted by Crippen LogP contribution is -2.21. The van der Waals surface area contributed by atoms with E-state index in [1.165, 1.54) is 89.9 Å². The van der Waals surface area contributed by atoms with Crippen LogP contribution in [0.1, 0.15) is 111 Å². The summed E-state index contributed by atoms with van der Waals surface area (Å²) in [5, 5.41) is 0. The Balaban J connectivity index is 1.62. The summed E-state index contributed by atoms with van der Waals surface area (Å²) in [6.45, 7) is 7.29. The molecule has 2 fully saturated rings. The van der Waals surface area contributed by atoms with Gasteiger partial charge in [0.15, 0.2) is 0 Å². The molecule has 0 heterocycles. The van der Waals surface area contributed by atoms with Crippen molar-refractivity contribution in [2.24, 2.45) is 29.6 Å². The third-order valence-corrected chi connectivity index (χ3v) is 6.96. The smallest absolute Gasteiger partial charge is 0.0386 e. The predicted molar refractivity (Wildman–Crippen MR) is 99.1 cm³/mol. The molecule has 0 aromatic rings. The third kappa shape index (κ3) is 6.25. The van der Waals surface area contributed by atoms with E-state index < -0.39 is 0 Å². The molecule has 0 saturated heterocycles. The molecule has 2 rings (SSSR count). The van der Waals surface area contributed by atoms with Gasteiger partial charge in [-0.2, -0.15) is 0 Å². The van der Waals surface area contributed by atoms with E-state index in [9.17, 15) is 0 Å². The van der Waals surface area contributed by atoms with E-state index in [-0.39, 0.29) is 0 Å². The van der Waals surface area contributed by atoms with Crippen molar-refractivity contribution in [3.05, 3.63) is 0 Å². The summed E-state index contributed by atoms with van der Waals surface area (Å²) >= 11 is 0. The Kier molecular flexibility index (Phi) is 8.33. The van der Waals surface area contributed by atoms with Gasteiger partial charge >= 0.3 is 0 Å². The molecule has 0 nitrogen and oxygen atoms in total. The predicted octanol–water partition coefficient (Wildman–Crippen LogP) is 7.62. The van der Waals surface area contributed by atoms with Crippen LogP contribution >= 0.6 is 0 Å². The van der Waals surface area contributed by atoms with E-state index in [1.54, 1.807) is 0 Å². The van der Waals surface area contributed by atoms with Crippen molar-refractivity contribution in [2.45, 2.75) is 111 Å². The lowest BCUT2D eigenvalue weighted by atomic mass is 9.73. The maximum atomic E-state index is 2.45. The summed E-state index contributed by atoms with van der Waals surface area (Å²) in [7, 11) is 0. The second-order valence-electron chi connectivity index (χ2n) is 8.98. The maximum Gasteiger partial charge on any atom is -0.0386 e. The first-order valence-corrected chi connectivity index (χ1v) is 10.7. The van der Waals surface area contributed by atoms with Crippen molar-refractivity contribution >= 4 is 0 Å². The lowest BCUT2D eigenvalue weighted by molar-refractivity contribution is 0.188. The van der Waals surface area contributed by atoms with Crippen LogP contribution in [-0.4, -0.2) is 0 Å². The van der Waals surface area contributed by atoms with Crippen LogP contribution < -0.4 is 0 Å². The first-order chi connectivity index (χ1) is 10.7. The number of rotatable bonds is 8. The summed E-state index contributed by atoms with van der Waals surface area (Å²) in [4.78, 5) is 0. The quantitative estimate of drug-likeness (QED) is 0.405. The molecule has 2 aliphatic rings. The van der Waals surface area contributed by atoms with E-state index in [0.717, 1.165) is 29.6 Å². The second kappa shape index (κ2) is 9.99. The fraction of sp³-hybridized carbons (Fsp3) is 1.00. The Morgan fingerprint density at radius 1 is 0.727 bits per heavy atom. The van der Waals surface area contributed by atoms with E-state index in [2.05, 4.69) is 20.8 Å². The van der Waals surface area contributed by atoms with Crippen LogP contribution in [0.5, 0.6) is 0 Å². The zero-order chi connectivity index (χ0) is 15.8. The molecule has 0 spiro atoms. The van der Waals surface area contributed by atoms with Crippen LogP contribution in [0.4, 0.5) is 0 Å². The van der Waals surface area contributed by atoms with Crippen LogP contribution in [0.15, 0.2) is 0 Å². The molecule has 0 amide bonds. The van der Waals surface area contributed by atoms with Gasteiger partial charge in [-0.25, -0.2) is 0 Å². The van der Waals surface area contributed by atoms with Crippen LogP contribution in [0.2, 0.25) is 0 Å². The summed E-state index contributed by atoms with van der Waals surface area (Å²) in [6.07, 6.45) is 21.1. The van der Waals surface area contributed by atoms with Crippen LogP contribution in [0.3, 0.4) is 0 Å². The number of hydrogen-bond donors (Lipinski definition) is 0. The van der Waals surface area contributed by atoms with Crippen molar-refractivity contribution in [3.63, 3.8) is 0 Å². The van der Waals surface area contributed by atoms with Crippen LogP contribution in [0.25, 0.3) is 0 Å². The highest BCUT2D eigenvalue weighted by Crippen LogP contribution is 2.38. The monoisotopic (exact) mass is 306 g/mol. The largest absolute Gasteiger partial charge is 0.0654 e. The molecule has 0 N–H and O–H groups in total. The SMILES string of the molecule is CCCC(CCCCC1CCC(C)CC1)C1CCC(C)CC1. The van der Waals surface area contributed by atoms with E-state index in [0.29, 0.717) is 0 Å². The molecule has 1 unspecified atom stereocenters. The van der Waals surface area contributed by atoms with Gasteiger partial charge in [-0.3, -0.25) is 0 Å². The van der Waals surface area contributed by atoms with Gasteiger partial charge in [0, 0.05) is 0 Å². The van der Waals surface area contributed by atoms with Gasteiger partial charge in [-0.1, -0.05) is 97.8 Å². The van der Waals surface area contributed by atoms with Crippen LogP contribution in [-0.2, 0) is 0 Å². The zero-order valence-corrected chi connectivity index (χ0v) is 15.8. The average Bonchev–Trinajstić information content (AvgIpc) is 2.53. The molecule has 2 saturated carbocycles. The molecule has 0 radical (unpaired) electrons. The van der Waals surface area contributed by atoms with Gasteiger partial charge in [0.1, 0.15) is 0 Å². The Hall–Kier alpha value is 0. The highest BCUT2D eigenvalue weighted by atomic mass is 14.3. The van der Waals surface area contributed by atoms with E-state index in [4.69, 9.17) is 0 Å². The highest BCUT2D eigenvalue weighted by Gasteiger charge is 2.25. The molecule has 22 heavy (non-hydrogen) atoms. The molecular formula is C22H42. The van der Waals surface area contributed by atoms with Crippen molar-refractivity contribution in [2.75, 3.05) is 0 Å². The van der Waals surface area contributed by atoms with Gasteiger partial charge in [-0.05, 0) is 42.4 Å². The second-order valence-corrected chi connectivity index (χ2v) is 8.98. The Morgan fingerprint density at radius 3 is 1.91 bits per heavy atom. The molecule has 0 aliphatic heterocycles. The summed E-state index contributed by atoms with van der Waals surface area (Å²) in [5.74, 6) is 5.23. The first-order valence-electron chi connectivity index (χ1n) is 10.7. The van der Waals surface area contributed by atoms with Gasteiger partial charge in [-0.15, -0.1) is 0 Å².